The summed E-state index contributed by atoms with van der Waals surface area (Å²) in [5.74, 6) is 0. The van der Waals surface area contributed by atoms with E-state index in [2.05, 4.69) is 14.6 Å². The number of nitrogens with one attached hydrogen (secondary N) is 1. The Morgan fingerprint density at radius 2 is 2.47 bits per heavy atom. The number of rotatable bonds is 5. The highest BCUT2D eigenvalue weighted by Crippen LogP contribution is 2.19. The van der Waals surface area contributed by atoms with Gasteiger partial charge in [0.1, 0.15) is 0 Å². The largest absolute Gasteiger partial charge is 0.297 e. The molecule has 7 heteroatoms. The van der Waals surface area contributed by atoms with Crippen molar-refractivity contribution in [2.24, 2.45) is 0 Å². The molecule has 1 aliphatic rings. The van der Waals surface area contributed by atoms with E-state index < -0.39 is 10.0 Å². The van der Waals surface area contributed by atoms with Crippen LogP contribution in [0.1, 0.15) is 18.2 Å². The molecule has 2 rings (SSSR count). The Bertz CT molecular complexity index is 444. The zero-order chi connectivity index (χ0) is 12.3. The molecule has 96 valence electrons. The van der Waals surface area contributed by atoms with Crippen LogP contribution in [0.2, 0.25) is 0 Å². The maximum Gasteiger partial charge on any atom is 0.215 e. The molecule has 5 nitrogen and oxygen atoms in total. The maximum atomic E-state index is 11.8. The van der Waals surface area contributed by atoms with Crippen LogP contribution in [0.15, 0.2) is 11.7 Å². The fraction of sp³-hybridized carbons (Fsp3) is 0.700. The summed E-state index contributed by atoms with van der Waals surface area (Å²) < 4.78 is 26.2. The van der Waals surface area contributed by atoms with Crippen LogP contribution in [0.25, 0.3) is 0 Å². The second-order valence-corrected chi connectivity index (χ2v) is 7.17. The van der Waals surface area contributed by atoms with Crippen molar-refractivity contribution in [3.63, 3.8) is 0 Å². The van der Waals surface area contributed by atoms with Gasteiger partial charge in [-0.1, -0.05) is 6.92 Å². The maximum absolute atomic E-state index is 11.8. The molecular weight excluding hydrogens is 258 g/mol. The molecule has 1 atom stereocenters. The van der Waals surface area contributed by atoms with Crippen molar-refractivity contribution < 1.29 is 8.42 Å². The van der Waals surface area contributed by atoms with Crippen molar-refractivity contribution in [3.8, 4) is 0 Å². The zero-order valence-corrected chi connectivity index (χ0v) is 11.4. The van der Waals surface area contributed by atoms with Gasteiger partial charge >= 0.3 is 0 Å². The van der Waals surface area contributed by atoms with Crippen molar-refractivity contribution in [1.29, 1.82) is 0 Å². The summed E-state index contributed by atoms with van der Waals surface area (Å²) in [6.07, 6.45) is 2.56. The van der Waals surface area contributed by atoms with Crippen LogP contribution in [0.4, 0.5) is 0 Å². The summed E-state index contributed by atoms with van der Waals surface area (Å²) in [5, 5.41) is -0.268. The molecule has 1 aromatic rings. The van der Waals surface area contributed by atoms with Crippen molar-refractivity contribution in [1.82, 2.24) is 14.6 Å². The van der Waals surface area contributed by atoms with Gasteiger partial charge in [-0.3, -0.25) is 9.88 Å². The monoisotopic (exact) mass is 275 g/mol. The van der Waals surface area contributed by atoms with Crippen molar-refractivity contribution in [2.75, 3.05) is 19.6 Å². The molecule has 1 aliphatic heterocycles. The molecule has 1 N–H and O–H groups in total. The van der Waals surface area contributed by atoms with E-state index in [9.17, 15) is 8.42 Å². The molecule has 1 saturated heterocycles. The molecule has 0 bridgehead atoms. The van der Waals surface area contributed by atoms with Gasteiger partial charge in [0.05, 0.1) is 10.8 Å². The number of aromatic nitrogens is 1. The Kier molecular flexibility index (Phi) is 4.13. The Morgan fingerprint density at radius 3 is 3.12 bits per heavy atom. The summed E-state index contributed by atoms with van der Waals surface area (Å²) in [5.41, 5.74) is 1.80. The summed E-state index contributed by atoms with van der Waals surface area (Å²) in [7, 11) is -3.13. The van der Waals surface area contributed by atoms with Crippen LogP contribution >= 0.6 is 11.3 Å². The van der Waals surface area contributed by atoms with Crippen molar-refractivity contribution >= 4 is 21.4 Å². The van der Waals surface area contributed by atoms with E-state index in [1.807, 2.05) is 13.1 Å². The van der Waals surface area contributed by atoms with Gasteiger partial charge in [0, 0.05) is 30.7 Å². The smallest absolute Gasteiger partial charge is 0.215 e. The van der Waals surface area contributed by atoms with Crippen LogP contribution < -0.4 is 4.72 Å². The molecule has 0 amide bonds. The van der Waals surface area contributed by atoms with Gasteiger partial charge in [-0.25, -0.2) is 13.1 Å². The third-order valence-corrected chi connectivity index (χ3v) is 5.59. The van der Waals surface area contributed by atoms with Crippen LogP contribution in [0, 0.1) is 0 Å². The molecule has 0 saturated carbocycles. The molecule has 0 spiro atoms. The minimum Gasteiger partial charge on any atom is -0.297 e. The third kappa shape index (κ3) is 3.25. The zero-order valence-electron chi connectivity index (χ0n) is 9.80. The van der Waals surface area contributed by atoms with Gasteiger partial charge < -0.3 is 0 Å². The SMILES string of the molecule is CCNS(=O)(=O)[C@@H]1CCN(Cc2cncs2)C1. The molecule has 2 heterocycles. The van der Waals surface area contributed by atoms with Gasteiger partial charge in [-0.2, -0.15) is 0 Å². The summed E-state index contributed by atoms with van der Waals surface area (Å²) in [6, 6.07) is 0. The van der Waals surface area contributed by atoms with Crippen LogP contribution in [0.3, 0.4) is 0 Å². The second-order valence-electron chi connectivity index (χ2n) is 4.16. The van der Waals surface area contributed by atoms with Gasteiger partial charge in [0.2, 0.25) is 10.0 Å². The number of hydrogen-bond acceptors (Lipinski definition) is 5. The minimum atomic E-state index is -3.13. The van der Waals surface area contributed by atoms with Gasteiger partial charge in [-0.05, 0) is 13.0 Å². The molecule has 0 aromatic carbocycles. The second kappa shape index (κ2) is 5.43. The van der Waals surface area contributed by atoms with Gasteiger partial charge in [-0.15, -0.1) is 11.3 Å². The topological polar surface area (TPSA) is 62.3 Å². The van der Waals surface area contributed by atoms with Gasteiger partial charge in [0.15, 0.2) is 0 Å². The normalized spacial score (nSPS) is 22.1. The van der Waals surface area contributed by atoms with E-state index in [1.165, 1.54) is 4.88 Å². The average Bonchev–Trinajstić information content (AvgIpc) is 2.89. The highest BCUT2D eigenvalue weighted by molar-refractivity contribution is 7.90. The third-order valence-electron chi connectivity index (χ3n) is 2.88. The molecule has 0 radical (unpaired) electrons. The molecule has 0 aliphatic carbocycles. The summed E-state index contributed by atoms with van der Waals surface area (Å²) in [6.45, 7) is 4.54. The predicted octanol–water partition coefficient (Wildman–Crippen LogP) is 0.657. The fourth-order valence-corrected chi connectivity index (χ4v) is 4.15. The highest BCUT2D eigenvalue weighted by atomic mass is 32.2. The summed E-state index contributed by atoms with van der Waals surface area (Å²) in [4.78, 5) is 7.38. The Labute approximate surface area is 106 Å². The first-order chi connectivity index (χ1) is 8.12. The number of nitrogens with zero attached hydrogens (tertiary/aromatic N) is 2. The lowest BCUT2D eigenvalue weighted by atomic mass is 10.4. The lowest BCUT2D eigenvalue weighted by Crippen LogP contribution is -2.36. The van der Waals surface area contributed by atoms with E-state index in [0.717, 1.165) is 13.1 Å². The Hall–Kier alpha value is -0.500. The van der Waals surface area contributed by atoms with E-state index >= 15 is 0 Å². The number of hydrogen-bond donors (Lipinski definition) is 1. The van der Waals surface area contributed by atoms with Crippen molar-refractivity contribution in [2.45, 2.75) is 25.1 Å². The van der Waals surface area contributed by atoms with E-state index in [1.54, 1.807) is 16.8 Å². The minimum absolute atomic E-state index is 0.268. The van der Waals surface area contributed by atoms with E-state index in [-0.39, 0.29) is 5.25 Å². The highest BCUT2D eigenvalue weighted by Gasteiger charge is 2.32. The Morgan fingerprint density at radius 1 is 1.65 bits per heavy atom. The Balaban J connectivity index is 1.91. The first-order valence-electron chi connectivity index (χ1n) is 5.70. The average molecular weight is 275 g/mol. The van der Waals surface area contributed by atoms with Crippen LogP contribution in [-0.2, 0) is 16.6 Å². The lowest BCUT2D eigenvalue weighted by molar-refractivity contribution is 0.334. The molecular formula is C10H17N3O2S2. The summed E-state index contributed by atoms with van der Waals surface area (Å²) >= 11 is 1.61. The van der Waals surface area contributed by atoms with E-state index in [4.69, 9.17) is 0 Å². The van der Waals surface area contributed by atoms with Crippen LogP contribution in [-0.4, -0.2) is 43.2 Å². The first kappa shape index (κ1) is 12.9. The van der Waals surface area contributed by atoms with Crippen molar-refractivity contribution in [3.05, 3.63) is 16.6 Å². The van der Waals surface area contributed by atoms with Crippen LogP contribution in [0.5, 0.6) is 0 Å². The number of sulfonamides is 1. The lowest BCUT2D eigenvalue weighted by Gasteiger charge is -2.15. The number of thiazole rings is 1. The molecule has 1 aromatic heterocycles. The molecule has 1 fully saturated rings. The van der Waals surface area contributed by atoms with E-state index in [0.29, 0.717) is 19.5 Å². The predicted molar refractivity (Wildman–Crippen MR) is 68.4 cm³/mol. The standard InChI is InChI=1S/C10H17N3O2S2/c1-2-12-17(14,15)10-3-4-13(7-10)6-9-5-11-8-16-9/h5,8,10,12H,2-4,6-7H2,1H3/t10-/m1/s1. The molecule has 17 heavy (non-hydrogen) atoms. The quantitative estimate of drug-likeness (QED) is 0.857. The fourth-order valence-electron chi connectivity index (χ4n) is 2.05. The number of likely N-dealkylation sites (tertiary alicyclic amines) is 1. The first-order valence-corrected chi connectivity index (χ1v) is 8.12. The van der Waals surface area contributed by atoms with Gasteiger partial charge in [0.25, 0.3) is 0 Å². The molecule has 0 unspecified atom stereocenters.